The molecule has 1 aromatic heterocycles. The molecule has 6 nitrogen and oxygen atoms in total. The van der Waals surface area contributed by atoms with Crippen LogP contribution in [0.15, 0.2) is 16.7 Å². The van der Waals surface area contributed by atoms with Gasteiger partial charge in [-0.3, -0.25) is 10.1 Å². The highest BCUT2D eigenvalue weighted by molar-refractivity contribution is 9.10. The Bertz CT molecular complexity index is 455. The first-order chi connectivity index (χ1) is 8.58. The summed E-state index contributed by atoms with van der Waals surface area (Å²) < 4.78 is 0.537. The molecule has 0 amide bonds. The van der Waals surface area contributed by atoms with Crippen molar-refractivity contribution in [3.05, 3.63) is 26.9 Å². The van der Waals surface area contributed by atoms with Gasteiger partial charge in [0, 0.05) is 6.07 Å². The third-order valence-electron chi connectivity index (χ3n) is 3.09. The van der Waals surface area contributed by atoms with Crippen molar-refractivity contribution in [2.45, 2.75) is 37.8 Å². The number of nitrogens with zero attached hydrogens (tertiary/aromatic N) is 2. The van der Waals surface area contributed by atoms with Gasteiger partial charge in [-0.2, -0.15) is 0 Å². The van der Waals surface area contributed by atoms with Gasteiger partial charge in [0.25, 0.3) is 5.69 Å². The summed E-state index contributed by atoms with van der Waals surface area (Å²) in [5, 5.41) is 23.6. The molecule has 0 spiro atoms. The van der Waals surface area contributed by atoms with Gasteiger partial charge in [0.05, 0.1) is 21.5 Å². The van der Waals surface area contributed by atoms with Gasteiger partial charge < -0.3 is 10.4 Å². The van der Waals surface area contributed by atoms with Crippen molar-refractivity contribution in [3.63, 3.8) is 0 Å². The normalized spacial score (nSPS) is 23.7. The largest absolute Gasteiger partial charge is 0.391 e. The number of nitrogens with one attached hydrogen (secondary N) is 1. The minimum absolute atomic E-state index is 0.0380. The van der Waals surface area contributed by atoms with E-state index in [9.17, 15) is 15.2 Å². The summed E-state index contributed by atoms with van der Waals surface area (Å²) in [6.45, 7) is 0. The highest BCUT2D eigenvalue weighted by Gasteiger charge is 2.24. The molecular weight excluding hydrogens is 302 g/mol. The maximum Gasteiger partial charge on any atom is 0.288 e. The summed E-state index contributed by atoms with van der Waals surface area (Å²) in [4.78, 5) is 14.1. The van der Waals surface area contributed by atoms with Crippen LogP contribution in [-0.2, 0) is 0 Å². The van der Waals surface area contributed by atoms with E-state index in [1.54, 1.807) is 0 Å². The fraction of sp³-hybridized carbons (Fsp3) is 0.545. The smallest absolute Gasteiger partial charge is 0.288 e. The van der Waals surface area contributed by atoms with Crippen LogP contribution >= 0.6 is 15.9 Å². The van der Waals surface area contributed by atoms with Crippen LogP contribution in [0.3, 0.4) is 0 Å². The van der Waals surface area contributed by atoms with Crippen LogP contribution in [0, 0.1) is 10.1 Å². The van der Waals surface area contributed by atoms with Crippen LogP contribution in [0.1, 0.15) is 25.7 Å². The van der Waals surface area contributed by atoms with E-state index >= 15 is 0 Å². The highest BCUT2D eigenvalue weighted by Crippen LogP contribution is 2.28. The fourth-order valence-corrected chi connectivity index (χ4v) is 2.54. The minimum Gasteiger partial charge on any atom is -0.391 e. The SMILES string of the molecule is O=[N+]([O-])c1cnc(N[C@H]2CCCC[C@@H]2O)c(Br)c1. The lowest BCUT2D eigenvalue weighted by molar-refractivity contribution is -0.385. The summed E-state index contributed by atoms with van der Waals surface area (Å²) in [5.41, 5.74) is -0.0587. The molecule has 2 N–H and O–H groups in total. The van der Waals surface area contributed by atoms with E-state index in [1.807, 2.05) is 0 Å². The van der Waals surface area contributed by atoms with E-state index in [4.69, 9.17) is 0 Å². The van der Waals surface area contributed by atoms with Crippen LogP contribution in [-0.4, -0.2) is 27.2 Å². The Morgan fingerprint density at radius 3 is 2.83 bits per heavy atom. The average molecular weight is 316 g/mol. The Hall–Kier alpha value is -1.21. The minimum atomic E-state index is -0.489. The Kier molecular flexibility index (Phi) is 4.13. The summed E-state index contributed by atoms with van der Waals surface area (Å²) in [6, 6.07) is 1.37. The molecule has 0 unspecified atom stereocenters. The number of hydrogen-bond donors (Lipinski definition) is 2. The molecule has 1 fully saturated rings. The molecule has 7 heteroatoms. The molecule has 0 aliphatic heterocycles. The molecule has 18 heavy (non-hydrogen) atoms. The number of rotatable bonds is 3. The van der Waals surface area contributed by atoms with E-state index in [1.165, 1.54) is 12.3 Å². The van der Waals surface area contributed by atoms with Gasteiger partial charge in [0.2, 0.25) is 0 Å². The lowest BCUT2D eigenvalue weighted by Gasteiger charge is -2.28. The summed E-state index contributed by atoms with van der Waals surface area (Å²) in [7, 11) is 0. The first-order valence-corrected chi connectivity index (χ1v) is 6.62. The predicted molar refractivity (Wildman–Crippen MR) is 70.5 cm³/mol. The summed E-state index contributed by atoms with van der Waals surface area (Å²) in [5.74, 6) is 0.534. The zero-order valence-corrected chi connectivity index (χ0v) is 11.3. The van der Waals surface area contributed by atoms with Crippen LogP contribution in [0.2, 0.25) is 0 Å². The van der Waals surface area contributed by atoms with Crippen molar-refractivity contribution in [1.82, 2.24) is 4.98 Å². The van der Waals surface area contributed by atoms with Crippen LogP contribution in [0.4, 0.5) is 11.5 Å². The van der Waals surface area contributed by atoms with Gasteiger partial charge in [-0.25, -0.2) is 4.98 Å². The first kappa shape index (κ1) is 13.2. The van der Waals surface area contributed by atoms with E-state index < -0.39 is 4.92 Å². The second kappa shape index (κ2) is 5.62. The average Bonchev–Trinajstić information content (AvgIpc) is 2.34. The van der Waals surface area contributed by atoms with E-state index in [0.29, 0.717) is 10.3 Å². The fourth-order valence-electron chi connectivity index (χ4n) is 2.09. The molecule has 0 saturated heterocycles. The van der Waals surface area contributed by atoms with E-state index in [0.717, 1.165) is 25.7 Å². The van der Waals surface area contributed by atoms with Gasteiger partial charge in [0.15, 0.2) is 0 Å². The molecule has 1 saturated carbocycles. The molecule has 0 aromatic carbocycles. The monoisotopic (exact) mass is 315 g/mol. The van der Waals surface area contributed by atoms with Crippen LogP contribution in [0.25, 0.3) is 0 Å². The van der Waals surface area contributed by atoms with Crippen LogP contribution in [0.5, 0.6) is 0 Å². The Morgan fingerprint density at radius 2 is 2.22 bits per heavy atom. The number of nitro groups is 1. The van der Waals surface area contributed by atoms with Gasteiger partial charge in [0.1, 0.15) is 12.0 Å². The lowest BCUT2D eigenvalue weighted by Crippen LogP contribution is -2.36. The molecule has 1 aromatic rings. The molecule has 0 bridgehead atoms. The number of pyridine rings is 1. The Balaban J connectivity index is 2.11. The topological polar surface area (TPSA) is 88.3 Å². The standard InChI is InChI=1S/C11H14BrN3O3/c12-8-5-7(15(17)18)6-13-11(8)14-9-3-1-2-4-10(9)16/h5-6,9-10,16H,1-4H2,(H,13,14)/t9-,10-/m0/s1. The third-order valence-corrected chi connectivity index (χ3v) is 3.69. The number of halogens is 1. The molecule has 1 aliphatic carbocycles. The van der Waals surface area contributed by atoms with Gasteiger partial charge in [-0.05, 0) is 28.8 Å². The quantitative estimate of drug-likeness (QED) is 0.660. The third kappa shape index (κ3) is 2.97. The lowest BCUT2D eigenvalue weighted by atomic mass is 9.92. The van der Waals surface area contributed by atoms with Crippen molar-refractivity contribution < 1.29 is 10.0 Å². The zero-order chi connectivity index (χ0) is 13.1. The molecule has 1 aliphatic rings. The van der Waals surface area contributed by atoms with Crippen molar-refractivity contribution in [2.75, 3.05) is 5.32 Å². The van der Waals surface area contributed by atoms with Gasteiger partial charge in [-0.15, -0.1) is 0 Å². The van der Waals surface area contributed by atoms with Crippen molar-refractivity contribution in [3.8, 4) is 0 Å². The Labute approximate surface area is 113 Å². The molecule has 0 radical (unpaired) electrons. The van der Waals surface area contributed by atoms with Gasteiger partial charge in [-0.1, -0.05) is 12.8 Å². The number of hydrogen-bond acceptors (Lipinski definition) is 5. The van der Waals surface area contributed by atoms with Gasteiger partial charge >= 0.3 is 0 Å². The maximum absolute atomic E-state index is 10.6. The van der Waals surface area contributed by atoms with Crippen LogP contribution < -0.4 is 5.32 Å². The second-order valence-electron chi connectivity index (χ2n) is 4.38. The maximum atomic E-state index is 10.6. The number of aromatic nitrogens is 1. The molecule has 2 rings (SSSR count). The second-order valence-corrected chi connectivity index (χ2v) is 5.24. The first-order valence-electron chi connectivity index (χ1n) is 5.82. The molecule has 1 heterocycles. The molecule has 98 valence electrons. The number of aliphatic hydroxyl groups excluding tert-OH is 1. The number of anilines is 1. The van der Waals surface area contributed by atoms with Crippen molar-refractivity contribution in [1.29, 1.82) is 0 Å². The predicted octanol–water partition coefficient (Wildman–Crippen LogP) is 2.47. The summed E-state index contributed by atoms with van der Waals surface area (Å²) in [6.07, 6.45) is 4.59. The number of aliphatic hydroxyl groups is 1. The highest BCUT2D eigenvalue weighted by atomic mass is 79.9. The molecule has 2 atom stereocenters. The van der Waals surface area contributed by atoms with E-state index in [2.05, 4.69) is 26.2 Å². The van der Waals surface area contributed by atoms with E-state index in [-0.39, 0.29) is 17.8 Å². The zero-order valence-electron chi connectivity index (χ0n) is 9.67. The summed E-state index contributed by atoms with van der Waals surface area (Å²) >= 11 is 3.25. The Morgan fingerprint density at radius 1 is 1.50 bits per heavy atom. The van der Waals surface area contributed by atoms with Crippen molar-refractivity contribution in [2.24, 2.45) is 0 Å². The van der Waals surface area contributed by atoms with Crippen molar-refractivity contribution >= 4 is 27.4 Å². The molecular formula is C11H14BrN3O3.